The van der Waals surface area contributed by atoms with Crippen molar-refractivity contribution in [2.75, 3.05) is 20.3 Å². The first-order valence-electron chi connectivity index (χ1n) is 5.77. The van der Waals surface area contributed by atoms with Crippen molar-refractivity contribution in [3.8, 4) is 5.75 Å². The van der Waals surface area contributed by atoms with E-state index in [1.54, 1.807) is 0 Å². The fourth-order valence-electron chi connectivity index (χ4n) is 1.49. The first-order valence-corrected chi connectivity index (χ1v) is 7.25. The number of nitro groups is 1. The van der Waals surface area contributed by atoms with Crippen LogP contribution in [0, 0.1) is 10.1 Å². The molecular formula is C11H16N2O7S. The number of ether oxygens (including phenoxy) is 1. The van der Waals surface area contributed by atoms with Gasteiger partial charge in [0.05, 0.1) is 36.9 Å². The Kier molecular flexibility index (Phi) is 5.23. The van der Waals surface area contributed by atoms with E-state index in [4.69, 9.17) is 14.9 Å². The van der Waals surface area contributed by atoms with Gasteiger partial charge in [0.2, 0.25) is 10.0 Å². The van der Waals surface area contributed by atoms with Crippen LogP contribution in [0.25, 0.3) is 0 Å². The van der Waals surface area contributed by atoms with E-state index in [9.17, 15) is 18.5 Å². The smallest absolute Gasteiger partial charge is 0.293 e. The van der Waals surface area contributed by atoms with Crippen molar-refractivity contribution in [1.82, 2.24) is 4.72 Å². The fourth-order valence-corrected chi connectivity index (χ4v) is 3.03. The third-order valence-electron chi connectivity index (χ3n) is 2.73. The average molecular weight is 320 g/mol. The molecule has 1 aromatic rings. The monoisotopic (exact) mass is 320 g/mol. The molecule has 0 bridgehead atoms. The Hall–Kier alpha value is -1.75. The van der Waals surface area contributed by atoms with Crippen LogP contribution in [0.4, 0.5) is 5.69 Å². The molecule has 0 radical (unpaired) electrons. The average Bonchev–Trinajstić information content (AvgIpc) is 2.45. The molecule has 21 heavy (non-hydrogen) atoms. The predicted molar refractivity (Wildman–Crippen MR) is 72.5 cm³/mol. The Morgan fingerprint density at radius 1 is 1.38 bits per heavy atom. The molecule has 118 valence electrons. The highest BCUT2D eigenvalue weighted by Gasteiger charge is 2.33. The van der Waals surface area contributed by atoms with Gasteiger partial charge in [0.15, 0.2) is 4.90 Å². The zero-order chi connectivity index (χ0) is 16.3. The van der Waals surface area contributed by atoms with E-state index in [1.165, 1.54) is 20.1 Å². The number of hydrogen-bond donors (Lipinski definition) is 3. The van der Waals surface area contributed by atoms with Crippen LogP contribution in [0.15, 0.2) is 23.1 Å². The Balaban J connectivity index is 3.35. The lowest BCUT2D eigenvalue weighted by atomic mass is 10.1. The second-order valence-electron chi connectivity index (χ2n) is 4.57. The maximum atomic E-state index is 12.2. The number of benzene rings is 1. The van der Waals surface area contributed by atoms with Gasteiger partial charge >= 0.3 is 0 Å². The molecule has 0 aliphatic heterocycles. The summed E-state index contributed by atoms with van der Waals surface area (Å²) in [6, 6.07) is 3.26. The van der Waals surface area contributed by atoms with Gasteiger partial charge in [-0.1, -0.05) is 0 Å². The SMILES string of the molecule is COc1ccc(S(=O)(=O)NC(C)(CO)CO)c([N+](=O)[O-])c1. The molecule has 9 nitrogen and oxygen atoms in total. The van der Waals surface area contributed by atoms with Crippen molar-refractivity contribution in [2.45, 2.75) is 17.4 Å². The normalized spacial score (nSPS) is 12.2. The summed E-state index contributed by atoms with van der Waals surface area (Å²) in [6.45, 7) is -0.0841. The van der Waals surface area contributed by atoms with Gasteiger partial charge in [0.25, 0.3) is 5.69 Å². The summed E-state index contributed by atoms with van der Waals surface area (Å²) < 4.78 is 31.3. The number of methoxy groups -OCH3 is 1. The summed E-state index contributed by atoms with van der Waals surface area (Å²) in [7, 11) is -3.02. The van der Waals surface area contributed by atoms with Crippen LogP contribution in [0.2, 0.25) is 0 Å². The molecule has 0 aliphatic carbocycles. The topological polar surface area (TPSA) is 139 Å². The zero-order valence-corrected chi connectivity index (χ0v) is 12.3. The molecule has 0 fully saturated rings. The van der Waals surface area contributed by atoms with Crippen molar-refractivity contribution in [1.29, 1.82) is 0 Å². The Bertz CT molecular complexity index is 625. The number of aliphatic hydroxyl groups excluding tert-OH is 2. The first kappa shape index (κ1) is 17.3. The maximum Gasteiger partial charge on any atom is 0.293 e. The van der Waals surface area contributed by atoms with E-state index in [-0.39, 0.29) is 5.75 Å². The minimum absolute atomic E-state index is 0.132. The van der Waals surface area contributed by atoms with Crippen LogP contribution in [0.1, 0.15) is 6.92 Å². The van der Waals surface area contributed by atoms with Crippen molar-refractivity contribution < 1.29 is 28.3 Å². The molecule has 0 atom stereocenters. The van der Waals surface area contributed by atoms with Gasteiger partial charge in [-0.05, 0) is 19.1 Å². The molecule has 1 rings (SSSR count). The highest BCUT2D eigenvalue weighted by Crippen LogP contribution is 2.28. The van der Waals surface area contributed by atoms with E-state index in [2.05, 4.69) is 0 Å². The van der Waals surface area contributed by atoms with E-state index in [1.807, 2.05) is 4.72 Å². The third-order valence-corrected chi connectivity index (χ3v) is 4.42. The highest BCUT2D eigenvalue weighted by atomic mass is 32.2. The molecule has 0 aliphatic rings. The summed E-state index contributed by atoms with van der Waals surface area (Å²) in [5.74, 6) is 0.132. The number of sulfonamides is 1. The molecule has 0 aromatic heterocycles. The molecule has 0 saturated heterocycles. The first-order chi connectivity index (χ1) is 9.69. The quantitative estimate of drug-likeness (QED) is 0.460. The van der Waals surface area contributed by atoms with Crippen LogP contribution < -0.4 is 9.46 Å². The Morgan fingerprint density at radius 2 is 1.95 bits per heavy atom. The van der Waals surface area contributed by atoms with Crippen molar-refractivity contribution in [3.05, 3.63) is 28.3 Å². The molecule has 0 amide bonds. The number of nitrogens with zero attached hydrogens (tertiary/aromatic N) is 1. The van der Waals surface area contributed by atoms with Crippen molar-refractivity contribution in [3.63, 3.8) is 0 Å². The van der Waals surface area contributed by atoms with Gasteiger partial charge in [-0.2, -0.15) is 0 Å². The van der Waals surface area contributed by atoms with Crippen LogP contribution in [-0.4, -0.2) is 49.4 Å². The van der Waals surface area contributed by atoms with Crippen LogP contribution in [-0.2, 0) is 10.0 Å². The number of aliphatic hydroxyl groups is 2. The lowest BCUT2D eigenvalue weighted by molar-refractivity contribution is -0.387. The molecule has 0 unspecified atom stereocenters. The molecule has 10 heteroatoms. The van der Waals surface area contributed by atoms with E-state index in [0.717, 1.165) is 12.1 Å². The zero-order valence-electron chi connectivity index (χ0n) is 11.4. The van der Waals surface area contributed by atoms with Crippen LogP contribution in [0.5, 0.6) is 5.75 Å². The Morgan fingerprint density at radius 3 is 2.38 bits per heavy atom. The standard InChI is InChI=1S/C11H16N2O7S/c1-11(6-14,7-15)12-21(18,19)10-4-3-8(20-2)5-9(10)13(16)17/h3-5,12,14-15H,6-7H2,1-2H3. The summed E-state index contributed by atoms with van der Waals surface area (Å²) in [5.41, 5.74) is -2.20. The van der Waals surface area contributed by atoms with Gasteiger partial charge < -0.3 is 14.9 Å². The van der Waals surface area contributed by atoms with E-state index >= 15 is 0 Å². The van der Waals surface area contributed by atoms with Gasteiger partial charge in [-0.15, -0.1) is 0 Å². The fraction of sp³-hybridized carbons (Fsp3) is 0.455. The minimum Gasteiger partial charge on any atom is -0.497 e. The molecule has 1 aromatic carbocycles. The van der Waals surface area contributed by atoms with Gasteiger partial charge in [0, 0.05) is 0 Å². The van der Waals surface area contributed by atoms with Crippen molar-refractivity contribution in [2.24, 2.45) is 0 Å². The summed E-state index contributed by atoms with van der Waals surface area (Å²) >= 11 is 0. The summed E-state index contributed by atoms with van der Waals surface area (Å²) in [4.78, 5) is 9.56. The van der Waals surface area contributed by atoms with Gasteiger partial charge in [0.1, 0.15) is 5.75 Å². The summed E-state index contributed by atoms with van der Waals surface area (Å²) in [6.07, 6.45) is 0. The molecule has 0 spiro atoms. The van der Waals surface area contributed by atoms with Crippen molar-refractivity contribution >= 4 is 15.7 Å². The summed E-state index contributed by atoms with van der Waals surface area (Å²) in [5, 5.41) is 29.2. The lowest BCUT2D eigenvalue weighted by Gasteiger charge is -2.25. The van der Waals surface area contributed by atoms with Crippen LogP contribution >= 0.6 is 0 Å². The number of nitro benzene ring substituents is 1. The largest absolute Gasteiger partial charge is 0.497 e. The number of rotatable bonds is 7. The Labute approximate surface area is 121 Å². The van der Waals surface area contributed by atoms with E-state index in [0.29, 0.717) is 0 Å². The molecule has 3 N–H and O–H groups in total. The number of hydrogen-bond acceptors (Lipinski definition) is 7. The predicted octanol–water partition coefficient (Wildman–Crippen LogP) is -0.375. The van der Waals surface area contributed by atoms with Gasteiger partial charge in [-0.25, -0.2) is 13.1 Å². The molecular weight excluding hydrogens is 304 g/mol. The minimum atomic E-state index is -4.31. The molecule has 0 saturated carbocycles. The highest BCUT2D eigenvalue weighted by molar-refractivity contribution is 7.89. The molecule has 0 heterocycles. The second-order valence-corrected chi connectivity index (χ2v) is 6.22. The van der Waals surface area contributed by atoms with Crippen LogP contribution in [0.3, 0.4) is 0 Å². The number of nitrogens with one attached hydrogen (secondary N) is 1. The van der Waals surface area contributed by atoms with Gasteiger partial charge in [-0.3, -0.25) is 10.1 Å². The third kappa shape index (κ3) is 3.88. The second kappa shape index (κ2) is 6.35. The maximum absolute atomic E-state index is 12.2. The van der Waals surface area contributed by atoms with E-state index < -0.39 is 44.3 Å². The lowest BCUT2D eigenvalue weighted by Crippen LogP contribution is -2.51.